The molecule has 196 valence electrons. The molecule has 0 spiro atoms. The smallest absolute Gasteiger partial charge is 0.316 e. The van der Waals surface area contributed by atoms with Crippen LogP contribution in [0.25, 0.3) is 22.5 Å². The fraction of sp³-hybridized carbons (Fsp3) is 0.344. The van der Waals surface area contributed by atoms with Gasteiger partial charge in [0.1, 0.15) is 5.60 Å². The van der Waals surface area contributed by atoms with Gasteiger partial charge < -0.3 is 14.0 Å². The molecule has 5 rings (SSSR count). The van der Waals surface area contributed by atoms with Crippen LogP contribution in [-0.4, -0.2) is 28.3 Å². The lowest BCUT2D eigenvalue weighted by atomic mass is 9.93. The molecule has 2 aromatic carbocycles. The molecule has 0 saturated heterocycles. The third kappa shape index (κ3) is 5.35. The van der Waals surface area contributed by atoms with Crippen LogP contribution in [0.3, 0.4) is 0 Å². The van der Waals surface area contributed by atoms with E-state index in [-0.39, 0.29) is 11.6 Å². The normalized spacial score (nSPS) is 14.2. The van der Waals surface area contributed by atoms with Gasteiger partial charge in [0.25, 0.3) is 0 Å². The standard InChI is InChI=1S/C32H34N2O4/c1-6-36-30(35)32(18-19-32)25-16-14-23(15-17-25)22-10-12-24(13-11-22)29-27(21(2)34-38-29)20-26-8-7-9-28(33-26)37-31(3,4)5/h7-17H,6,18-20H2,1-5H3. The first kappa shape index (κ1) is 25.7. The second-order valence-corrected chi connectivity index (χ2v) is 10.9. The maximum absolute atomic E-state index is 12.4. The third-order valence-electron chi connectivity index (χ3n) is 6.87. The fourth-order valence-corrected chi connectivity index (χ4v) is 4.73. The summed E-state index contributed by atoms with van der Waals surface area (Å²) in [5.74, 6) is 1.24. The number of hydrogen-bond donors (Lipinski definition) is 0. The molecule has 1 fully saturated rings. The van der Waals surface area contributed by atoms with Gasteiger partial charge in [0, 0.05) is 29.3 Å². The van der Waals surface area contributed by atoms with Gasteiger partial charge in [-0.05, 0) is 70.2 Å². The highest BCUT2D eigenvalue weighted by atomic mass is 16.5. The van der Waals surface area contributed by atoms with E-state index in [9.17, 15) is 4.79 Å². The van der Waals surface area contributed by atoms with Crippen molar-refractivity contribution in [2.24, 2.45) is 0 Å². The Morgan fingerprint density at radius 3 is 2.18 bits per heavy atom. The van der Waals surface area contributed by atoms with Crippen molar-refractivity contribution in [2.45, 2.75) is 64.9 Å². The topological polar surface area (TPSA) is 74.5 Å². The van der Waals surface area contributed by atoms with Crippen molar-refractivity contribution in [1.82, 2.24) is 10.1 Å². The van der Waals surface area contributed by atoms with Crippen LogP contribution in [0.15, 0.2) is 71.3 Å². The van der Waals surface area contributed by atoms with Gasteiger partial charge in [0.15, 0.2) is 5.76 Å². The Morgan fingerprint density at radius 2 is 1.58 bits per heavy atom. The molecule has 1 saturated carbocycles. The molecule has 38 heavy (non-hydrogen) atoms. The molecule has 0 atom stereocenters. The van der Waals surface area contributed by atoms with Gasteiger partial charge in [-0.1, -0.05) is 59.8 Å². The number of pyridine rings is 1. The van der Waals surface area contributed by atoms with Gasteiger partial charge in [-0.25, -0.2) is 4.98 Å². The summed E-state index contributed by atoms with van der Waals surface area (Å²) in [6.07, 6.45) is 2.29. The van der Waals surface area contributed by atoms with Gasteiger partial charge in [-0.15, -0.1) is 0 Å². The van der Waals surface area contributed by atoms with E-state index >= 15 is 0 Å². The van der Waals surface area contributed by atoms with Crippen molar-refractivity contribution in [3.05, 3.63) is 89.2 Å². The lowest BCUT2D eigenvalue weighted by Gasteiger charge is -2.20. The van der Waals surface area contributed by atoms with E-state index in [2.05, 4.69) is 53.7 Å². The van der Waals surface area contributed by atoms with Crippen molar-refractivity contribution in [1.29, 1.82) is 0 Å². The Balaban J connectivity index is 1.34. The molecular weight excluding hydrogens is 476 g/mol. The molecule has 0 bridgehead atoms. The Bertz CT molecular complexity index is 1430. The summed E-state index contributed by atoms with van der Waals surface area (Å²) in [7, 11) is 0. The minimum atomic E-state index is -0.452. The molecule has 1 aliphatic carbocycles. The molecule has 0 N–H and O–H groups in total. The van der Waals surface area contributed by atoms with E-state index in [1.165, 1.54) is 0 Å². The summed E-state index contributed by atoms with van der Waals surface area (Å²) in [4.78, 5) is 17.1. The number of hydrogen-bond acceptors (Lipinski definition) is 6. The minimum Gasteiger partial charge on any atom is -0.472 e. The van der Waals surface area contributed by atoms with E-state index in [1.54, 1.807) is 0 Å². The Morgan fingerprint density at radius 1 is 0.947 bits per heavy atom. The first-order chi connectivity index (χ1) is 18.2. The average molecular weight is 511 g/mol. The summed E-state index contributed by atoms with van der Waals surface area (Å²) < 4.78 is 17.0. The van der Waals surface area contributed by atoms with Crippen LogP contribution in [0, 0.1) is 6.92 Å². The van der Waals surface area contributed by atoms with E-state index in [1.807, 2.05) is 52.8 Å². The number of aromatic nitrogens is 2. The van der Waals surface area contributed by atoms with Crippen molar-refractivity contribution < 1.29 is 18.8 Å². The highest BCUT2D eigenvalue weighted by molar-refractivity contribution is 5.87. The van der Waals surface area contributed by atoms with E-state index in [0.29, 0.717) is 18.9 Å². The maximum Gasteiger partial charge on any atom is 0.316 e. The third-order valence-corrected chi connectivity index (χ3v) is 6.87. The lowest BCUT2D eigenvalue weighted by molar-refractivity contribution is -0.146. The fourth-order valence-electron chi connectivity index (χ4n) is 4.73. The van der Waals surface area contributed by atoms with Crippen molar-refractivity contribution >= 4 is 5.97 Å². The van der Waals surface area contributed by atoms with Gasteiger partial charge in [0.2, 0.25) is 5.88 Å². The number of carbonyl (C=O) groups is 1. The zero-order valence-electron chi connectivity index (χ0n) is 22.7. The molecule has 1 aliphatic rings. The van der Waals surface area contributed by atoms with E-state index in [0.717, 1.165) is 57.8 Å². The van der Waals surface area contributed by atoms with Gasteiger partial charge >= 0.3 is 5.97 Å². The zero-order chi connectivity index (χ0) is 26.9. The van der Waals surface area contributed by atoms with E-state index < -0.39 is 5.41 Å². The summed E-state index contributed by atoms with van der Waals surface area (Å²) >= 11 is 0. The van der Waals surface area contributed by atoms with Crippen LogP contribution >= 0.6 is 0 Å². The predicted molar refractivity (Wildman–Crippen MR) is 147 cm³/mol. The molecule has 2 heterocycles. The molecular formula is C32H34N2O4. The lowest BCUT2D eigenvalue weighted by Crippen LogP contribution is -2.23. The summed E-state index contributed by atoms with van der Waals surface area (Å²) in [6.45, 7) is 10.2. The van der Waals surface area contributed by atoms with Crippen LogP contribution in [0.5, 0.6) is 5.88 Å². The van der Waals surface area contributed by atoms with Crippen molar-refractivity contribution in [3.8, 4) is 28.3 Å². The average Bonchev–Trinajstić information content (AvgIpc) is 3.63. The number of esters is 1. The summed E-state index contributed by atoms with van der Waals surface area (Å²) in [5.41, 5.74) is 6.16. The predicted octanol–water partition coefficient (Wildman–Crippen LogP) is 7.07. The number of benzene rings is 2. The van der Waals surface area contributed by atoms with Gasteiger partial charge in [-0.3, -0.25) is 4.79 Å². The molecule has 0 radical (unpaired) electrons. The molecule has 6 nitrogen and oxygen atoms in total. The van der Waals surface area contributed by atoms with Crippen LogP contribution in [0.1, 0.15) is 63.1 Å². The number of carbonyl (C=O) groups excluding carboxylic acids is 1. The van der Waals surface area contributed by atoms with Gasteiger partial charge in [-0.2, -0.15) is 0 Å². The molecule has 0 unspecified atom stereocenters. The van der Waals surface area contributed by atoms with Crippen molar-refractivity contribution in [3.63, 3.8) is 0 Å². The zero-order valence-corrected chi connectivity index (χ0v) is 22.7. The summed E-state index contributed by atoms with van der Waals surface area (Å²) in [5, 5.41) is 4.25. The summed E-state index contributed by atoms with van der Waals surface area (Å²) in [6, 6.07) is 22.4. The largest absolute Gasteiger partial charge is 0.472 e. The van der Waals surface area contributed by atoms with Gasteiger partial charge in [0.05, 0.1) is 17.7 Å². The highest BCUT2D eigenvalue weighted by Crippen LogP contribution is 2.49. The number of aryl methyl sites for hydroxylation is 1. The Kier molecular flexibility index (Phi) is 6.82. The van der Waals surface area contributed by atoms with E-state index in [4.69, 9.17) is 19.0 Å². The molecule has 2 aromatic heterocycles. The Labute approximate surface area is 224 Å². The Hall–Kier alpha value is -3.93. The minimum absolute atomic E-state index is 0.112. The highest BCUT2D eigenvalue weighted by Gasteiger charge is 2.52. The van der Waals surface area contributed by atoms with Crippen LogP contribution in [0.2, 0.25) is 0 Å². The molecule has 0 amide bonds. The maximum atomic E-state index is 12.4. The first-order valence-electron chi connectivity index (χ1n) is 13.2. The number of nitrogens with zero attached hydrogens (tertiary/aromatic N) is 2. The SMILES string of the molecule is CCOC(=O)C1(c2ccc(-c3ccc(-c4onc(C)c4Cc4cccc(OC(C)(C)C)n4)cc3)cc2)CC1. The number of rotatable bonds is 8. The molecule has 6 heteroatoms. The molecule has 0 aliphatic heterocycles. The van der Waals surface area contributed by atoms with Crippen LogP contribution in [0.4, 0.5) is 0 Å². The van der Waals surface area contributed by atoms with Crippen LogP contribution in [-0.2, 0) is 21.4 Å². The second-order valence-electron chi connectivity index (χ2n) is 10.9. The van der Waals surface area contributed by atoms with Crippen LogP contribution < -0.4 is 4.74 Å². The second kappa shape index (κ2) is 10.1. The molecule has 4 aromatic rings. The van der Waals surface area contributed by atoms with Crippen molar-refractivity contribution in [2.75, 3.05) is 6.61 Å². The first-order valence-corrected chi connectivity index (χ1v) is 13.2. The number of ether oxygens (including phenoxy) is 2. The quantitative estimate of drug-likeness (QED) is 0.236. The monoisotopic (exact) mass is 510 g/mol.